The van der Waals surface area contributed by atoms with Gasteiger partial charge in [-0.15, -0.1) is 10.2 Å². The zero-order chi connectivity index (χ0) is 17.1. The summed E-state index contributed by atoms with van der Waals surface area (Å²) >= 11 is 1.26. The first-order valence-corrected chi connectivity index (χ1v) is 8.94. The number of carbonyl (C=O) groups is 2. The van der Waals surface area contributed by atoms with E-state index in [0.29, 0.717) is 17.6 Å². The highest BCUT2D eigenvalue weighted by atomic mass is 32.1. The molecule has 0 radical (unpaired) electrons. The SMILES string of the molecule is CCC(C)c1ccccc1N1CC(C(=O)Nc2nncs2)CC1=O. The van der Waals surface area contributed by atoms with Gasteiger partial charge in [0.15, 0.2) is 0 Å². The molecule has 1 aliphatic rings. The van der Waals surface area contributed by atoms with Crippen LogP contribution in [0.25, 0.3) is 0 Å². The molecule has 0 bridgehead atoms. The topological polar surface area (TPSA) is 75.2 Å². The quantitative estimate of drug-likeness (QED) is 0.904. The summed E-state index contributed by atoms with van der Waals surface area (Å²) in [4.78, 5) is 26.6. The van der Waals surface area contributed by atoms with Gasteiger partial charge in [-0.3, -0.25) is 9.59 Å². The van der Waals surface area contributed by atoms with Crippen LogP contribution in [0.4, 0.5) is 10.8 Å². The smallest absolute Gasteiger partial charge is 0.231 e. The maximum atomic E-state index is 12.5. The van der Waals surface area contributed by atoms with E-state index < -0.39 is 0 Å². The minimum atomic E-state index is -0.369. The molecule has 2 heterocycles. The molecule has 2 aromatic rings. The van der Waals surface area contributed by atoms with Crippen LogP contribution in [0.5, 0.6) is 0 Å². The van der Waals surface area contributed by atoms with Crippen LogP contribution in [0.15, 0.2) is 29.8 Å². The van der Waals surface area contributed by atoms with E-state index >= 15 is 0 Å². The Hall–Kier alpha value is -2.28. The van der Waals surface area contributed by atoms with Gasteiger partial charge in [-0.25, -0.2) is 0 Å². The molecule has 1 saturated heterocycles. The fourth-order valence-electron chi connectivity index (χ4n) is 2.92. The van der Waals surface area contributed by atoms with Gasteiger partial charge in [0.05, 0.1) is 5.92 Å². The Morgan fingerprint density at radius 2 is 2.25 bits per heavy atom. The molecule has 126 valence electrons. The number of rotatable bonds is 5. The van der Waals surface area contributed by atoms with Gasteiger partial charge >= 0.3 is 0 Å². The number of aromatic nitrogens is 2. The lowest BCUT2D eigenvalue weighted by Gasteiger charge is -2.23. The lowest BCUT2D eigenvalue weighted by atomic mass is 9.96. The number of para-hydroxylation sites is 1. The molecule has 0 saturated carbocycles. The third kappa shape index (κ3) is 3.31. The average molecular weight is 344 g/mol. The Kier molecular flexibility index (Phi) is 4.89. The van der Waals surface area contributed by atoms with Gasteiger partial charge in [0.1, 0.15) is 5.51 Å². The second-order valence-electron chi connectivity index (χ2n) is 6.01. The lowest BCUT2D eigenvalue weighted by molar-refractivity contribution is -0.122. The molecule has 1 fully saturated rings. The van der Waals surface area contributed by atoms with Crippen LogP contribution in [0.2, 0.25) is 0 Å². The first-order valence-electron chi connectivity index (χ1n) is 8.06. The van der Waals surface area contributed by atoms with E-state index in [9.17, 15) is 9.59 Å². The van der Waals surface area contributed by atoms with Gasteiger partial charge in [-0.2, -0.15) is 0 Å². The highest BCUT2D eigenvalue weighted by molar-refractivity contribution is 7.13. The maximum Gasteiger partial charge on any atom is 0.231 e. The molecule has 2 amide bonds. The molecule has 2 unspecified atom stereocenters. The molecule has 1 aromatic heterocycles. The molecular formula is C17H20N4O2S. The van der Waals surface area contributed by atoms with Gasteiger partial charge in [0.2, 0.25) is 16.9 Å². The van der Waals surface area contributed by atoms with Crippen molar-refractivity contribution in [2.75, 3.05) is 16.8 Å². The van der Waals surface area contributed by atoms with E-state index in [0.717, 1.165) is 17.7 Å². The first-order chi connectivity index (χ1) is 11.6. The fourth-order valence-corrected chi connectivity index (χ4v) is 3.37. The van der Waals surface area contributed by atoms with E-state index in [1.165, 1.54) is 11.3 Å². The fraction of sp³-hybridized carbons (Fsp3) is 0.412. The summed E-state index contributed by atoms with van der Waals surface area (Å²) in [5, 5.41) is 10.7. The summed E-state index contributed by atoms with van der Waals surface area (Å²) in [6, 6.07) is 7.95. The first kappa shape index (κ1) is 16.6. The van der Waals surface area contributed by atoms with E-state index in [4.69, 9.17) is 0 Å². The molecule has 1 aromatic carbocycles. The lowest BCUT2D eigenvalue weighted by Crippen LogP contribution is -2.29. The molecule has 3 rings (SSSR count). The second kappa shape index (κ2) is 7.09. The number of amides is 2. The van der Waals surface area contributed by atoms with Crippen LogP contribution in [0, 0.1) is 5.92 Å². The van der Waals surface area contributed by atoms with Gasteiger partial charge in [0.25, 0.3) is 0 Å². The molecule has 1 N–H and O–H groups in total. The average Bonchev–Trinajstić information content (AvgIpc) is 3.23. The van der Waals surface area contributed by atoms with E-state index in [1.807, 2.05) is 18.2 Å². The van der Waals surface area contributed by atoms with Gasteiger partial charge < -0.3 is 10.2 Å². The molecule has 0 spiro atoms. The molecule has 1 aliphatic heterocycles. The summed E-state index contributed by atoms with van der Waals surface area (Å²) in [7, 11) is 0. The highest BCUT2D eigenvalue weighted by Gasteiger charge is 2.36. The number of nitrogens with one attached hydrogen (secondary N) is 1. The van der Waals surface area contributed by atoms with Crippen molar-refractivity contribution in [1.82, 2.24) is 10.2 Å². The molecule has 0 aliphatic carbocycles. The van der Waals surface area contributed by atoms with Crippen molar-refractivity contribution in [3.8, 4) is 0 Å². The van der Waals surface area contributed by atoms with Crippen molar-refractivity contribution >= 4 is 34.0 Å². The normalized spacial score (nSPS) is 18.7. The van der Waals surface area contributed by atoms with Gasteiger partial charge in [-0.05, 0) is 24.0 Å². The number of hydrogen-bond donors (Lipinski definition) is 1. The van der Waals surface area contributed by atoms with Crippen molar-refractivity contribution in [3.63, 3.8) is 0 Å². The zero-order valence-corrected chi connectivity index (χ0v) is 14.5. The van der Waals surface area contributed by atoms with Crippen molar-refractivity contribution in [3.05, 3.63) is 35.3 Å². The van der Waals surface area contributed by atoms with Gasteiger partial charge in [-0.1, -0.05) is 43.4 Å². The molecular weight excluding hydrogens is 324 g/mol. The van der Waals surface area contributed by atoms with E-state index in [2.05, 4.69) is 35.4 Å². The van der Waals surface area contributed by atoms with Crippen LogP contribution < -0.4 is 10.2 Å². The summed E-state index contributed by atoms with van der Waals surface area (Å²) in [5.41, 5.74) is 3.63. The summed E-state index contributed by atoms with van der Waals surface area (Å²) in [6.45, 7) is 4.68. The highest BCUT2D eigenvalue weighted by Crippen LogP contribution is 2.33. The summed E-state index contributed by atoms with van der Waals surface area (Å²) in [5.74, 6) is -0.193. The standard InChI is InChI=1S/C17H20N4O2S/c1-3-11(2)13-6-4-5-7-14(13)21-9-12(8-15(21)22)16(23)19-17-20-18-10-24-17/h4-7,10-12H,3,8-9H2,1-2H3,(H,19,20,23). The predicted octanol–water partition coefficient (Wildman–Crippen LogP) is 3.04. The van der Waals surface area contributed by atoms with Crippen LogP contribution >= 0.6 is 11.3 Å². The molecule has 2 atom stereocenters. The van der Waals surface area contributed by atoms with E-state index in [1.54, 1.807) is 10.4 Å². The van der Waals surface area contributed by atoms with Crippen molar-refractivity contribution in [2.24, 2.45) is 5.92 Å². The number of benzene rings is 1. The molecule has 6 nitrogen and oxygen atoms in total. The predicted molar refractivity (Wildman–Crippen MR) is 94.1 cm³/mol. The number of carbonyl (C=O) groups excluding carboxylic acids is 2. The van der Waals surface area contributed by atoms with Crippen molar-refractivity contribution in [1.29, 1.82) is 0 Å². The van der Waals surface area contributed by atoms with Crippen LogP contribution in [0.3, 0.4) is 0 Å². The van der Waals surface area contributed by atoms with Gasteiger partial charge in [0, 0.05) is 18.7 Å². The largest absolute Gasteiger partial charge is 0.311 e. The molecule has 7 heteroatoms. The maximum absolute atomic E-state index is 12.5. The Morgan fingerprint density at radius 3 is 2.96 bits per heavy atom. The van der Waals surface area contributed by atoms with Crippen molar-refractivity contribution in [2.45, 2.75) is 32.6 Å². The molecule has 24 heavy (non-hydrogen) atoms. The Bertz CT molecular complexity index is 732. The van der Waals surface area contributed by atoms with Crippen molar-refractivity contribution < 1.29 is 9.59 Å². The monoisotopic (exact) mass is 344 g/mol. The number of nitrogens with zero attached hydrogens (tertiary/aromatic N) is 3. The summed E-state index contributed by atoms with van der Waals surface area (Å²) < 4.78 is 0. The Labute approximate surface area is 144 Å². The number of anilines is 2. The third-order valence-electron chi connectivity index (χ3n) is 4.46. The Morgan fingerprint density at radius 1 is 1.46 bits per heavy atom. The zero-order valence-electron chi connectivity index (χ0n) is 13.7. The van der Waals surface area contributed by atoms with Crippen LogP contribution in [-0.2, 0) is 9.59 Å². The summed E-state index contributed by atoms with van der Waals surface area (Å²) in [6.07, 6.45) is 1.22. The second-order valence-corrected chi connectivity index (χ2v) is 6.84. The van der Waals surface area contributed by atoms with E-state index in [-0.39, 0.29) is 24.2 Å². The Balaban J connectivity index is 1.77. The van der Waals surface area contributed by atoms with Crippen LogP contribution in [-0.4, -0.2) is 28.6 Å². The minimum absolute atomic E-state index is 0.0110. The minimum Gasteiger partial charge on any atom is -0.311 e. The number of hydrogen-bond acceptors (Lipinski definition) is 5. The van der Waals surface area contributed by atoms with Crippen LogP contribution in [0.1, 0.15) is 38.2 Å². The third-order valence-corrected chi connectivity index (χ3v) is 5.06.